The molecule has 0 amide bonds. The topological polar surface area (TPSA) is 0 Å². The van der Waals surface area contributed by atoms with Gasteiger partial charge in [-0.3, -0.25) is 0 Å². The van der Waals surface area contributed by atoms with Crippen LogP contribution in [0, 0.1) is 6.92 Å². The molecule has 1 aromatic carbocycles. The fourth-order valence-electron chi connectivity index (χ4n) is 1.11. The standard InChI is InChI=1S/C9H11Br/c1-3-8-7(2)5-4-6-9(8)10/h4-6H,3H2,1-2H3. The molecule has 0 atom stereocenters. The van der Waals surface area contributed by atoms with E-state index in [0.29, 0.717) is 0 Å². The van der Waals surface area contributed by atoms with E-state index in [9.17, 15) is 0 Å². The number of halogens is 1. The maximum atomic E-state index is 3.51. The van der Waals surface area contributed by atoms with Gasteiger partial charge in [-0.05, 0) is 30.5 Å². The molecule has 0 nitrogen and oxygen atoms in total. The van der Waals surface area contributed by atoms with Gasteiger partial charge in [0.25, 0.3) is 0 Å². The van der Waals surface area contributed by atoms with Gasteiger partial charge < -0.3 is 0 Å². The molecule has 0 saturated heterocycles. The van der Waals surface area contributed by atoms with Crippen molar-refractivity contribution in [2.45, 2.75) is 20.3 Å². The van der Waals surface area contributed by atoms with E-state index in [1.807, 2.05) is 0 Å². The highest BCUT2D eigenvalue weighted by Crippen LogP contribution is 2.19. The summed E-state index contributed by atoms with van der Waals surface area (Å²) in [6.07, 6.45) is 1.10. The van der Waals surface area contributed by atoms with Crippen molar-refractivity contribution in [3.63, 3.8) is 0 Å². The molecule has 0 aliphatic heterocycles. The summed E-state index contributed by atoms with van der Waals surface area (Å²) in [5, 5.41) is 0. The number of hydrogen-bond donors (Lipinski definition) is 0. The van der Waals surface area contributed by atoms with E-state index in [2.05, 4.69) is 48.0 Å². The summed E-state index contributed by atoms with van der Waals surface area (Å²) in [5.41, 5.74) is 2.79. The number of benzene rings is 1. The Hall–Kier alpha value is -0.300. The lowest BCUT2D eigenvalue weighted by Gasteiger charge is -2.03. The Morgan fingerprint density at radius 2 is 2.10 bits per heavy atom. The molecule has 0 heterocycles. The van der Waals surface area contributed by atoms with Crippen LogP contribution < -0.4 is 0 Å². The molecule has 54 valence electrons. The van der Waals surface area contributed by atoms with Gasteiger partial charge in [-0.2, -0.15) is 0 Å². The third kappa shape index (κ3) is 1.40. The summed E-state index contributed by atoms with van der Waals surface area (Å²) in [4.78, 5) is 0. The summed E-state index contributed by atoms with van der Waals surface area (Å²) in [5.74, 6) is 0. The van der Waals surface area contributed by atoms with E-state index in [1.54, 1.807) is 0 Å². The van der Waals surface area contributed by atoms with Crippen molar-refractivity contribution >= 4 is 15.9 Å². The van der Waals surface area contributed by atoms with Crippen molar-refractivity contribution in [3.8, 4) is 0 Å². The largest absolute Gasteiger partial charge is 0.0612 e. The highest BCUT2D eigenvalue weighted by atomic mass is 79.9. The van der Waals surface area contributed by atoms with Crippen LogP contribution in [0.1, 0.15) is 18.1 Å². The van der Waals surface area contributed by atoms with E-state index in [4.69, 9.17) is 0 Å². The first-order valence-electron chi connectivity index (χ1n) is 3.49. The highest BCUT2D eigenvalue weighted by Gasteiger charge is 1.98. The Labute approximate surface area is 70.4 Å². The van der Waals surface area contributed by atoms with Crippen LogP contribution in [0.2, 0.25) is 0 Å². The number of hydrogen-bond acceptors (Lipinski definition) is 0. The smallest absolute Gasteiger partial charge is 0.0209 e. The molecule has 0 fully saturated rings. The first-order chi connectivity index (χ1) is 4.75. The summed E-state index contributed by atoms with van der Waals surface area (Å²) < 4.78 is 1.23. The first kappa shape index (κ1) is 7.80. The molecule has 0 bridgehead atoms. The van der Waals surface area contributed by atoms with Crippen molar-refractivity contribution in [2.75, 3.05) is 0 Å². The zero-order chi connectivity index (χ0) is 7.56. The van der Waals surface area contributed by atoms with Crippen molar-refractivity contribution < 1.29 is 0 Å². The van der Waals surface area contributed by atoms with E-state index in [-0.39, 0.29) is 0 Å². The molecule has 1 aromatic rings. The van der Waals surface area contributed by atoms with Crippen LogP contribution >= 0.6 is 15.9 Å². The van der Waals surface area contributed by atoms with E-state index in [1.165, 1.54) is 15.6 Å². The van der Waals surface area contributed by atoms with Crippen LogP contribution in [0.3, 0.4) is 0 Å². The van der Waals surface area contributed by atoms with Crippen LogP contribution in [0.25, 0.3) is 0 Å². The van der Waals surface area contributed by atoms with E-state index in [0.717, 1.165) is 6.42 Å². The van der Waals surface area contributed by atoms with Gasteiger partial charge in [0.05, 0.1) is 0 Å². The van der Waals surface area contributed by atoms with Crippen molar-refractivity contribution in [3.05, 3.63) is 33.8 Å². The Morgan fingerprint density at radius 3 is 2.50 bits per heavy atom. The first-order valence-corrected chi connectivity index (χ1v) is 4.29. The van der Waals surface area contributed by atoms with Gasteiger partial charge in [-0.25, -0.2) is 0 Å². The molecule has 0 unspecified atom stereocenters. The molecule has 0 N–H and O–H groups in total. The van der Waals surface area contributed by atoms with Crippen molar-refractivity contribution in [2.24, 2.45) is 0 Å². The number of rotatable bonds is 1. The second-order valence-electron chi connectivity index (χ2n) is 2.39. The summed E-state index contributed by atoms with van der Waals surface area (Å²) >= 11 is 3.51. The Balaban J connectivity index is 3.17. The van der Waals surface area contributed by atoms with Gasteiger partial charge >= 0.3 is 0 Å². The van der Waals surface area contributed by atoms with Crippen molar-refractivity contribution in [1.29, 1.82) is 0 Å². The second kappa shape index (κ2) is 3.20. The number of aryl methyl sites for hydroxylation is 1. The SMILES string of the molecule is CCc1c(C)cccc1Br. The predicted molar refractivity (Wildman–Crippen MR) is 48.3 cm³/mol. The lowest BCUT2D eigenvalue weighted by molar-refractivity contribution is 1.10. The molecule has 10 heavy (non-hydrogen) atoms. The van der Waals surface area contributed by atoms with Crippen LogP contribution in [0.4, 0.5) is 0 Å². The average Bonchev–Trinajstić information content (AvgIpc) is 1.88. The fraction of sp³-hybridized carbons (Fsp3) is 0.333. The minimum atomic E-state index is 1.10. The van der Waals surface area contributed by atoms with Gasteiger partial charge in [-0.15, -0.1) is 0 Å². The van der Waals surface area contributed by atoms with Gasteiger partial charge in [0.15, 0.2) is 0 Å². The molecule has 0 aromatic heterocycles. The van der Waals surface area contributed by atoms with Crippen LogP contribution in [0.15, 0.2) is 22.7 Å². The predicted octanol–water partition coefficient (Wildman–Crippen LogP) is 3.32. The zero-order valence-electron chi connectivity index (χ0n) is 6.32. The summed E-state index contributed by atoms with van der Waals surface area (Å²) in [7, 11) is 0. The van der Waals surface area contributed by atoms with Crippen LogP contribution in [0.5, 0.6) is 0 Å². The monoisotopic (exact) mass is 198 g/mol. The van der Waals surface area contributed by atoms with Gasteiger partial charge in [0.2, 0.25) is 0 Å². The molecule has 0 aliphatic rings. The van der Waals surface area contributed by atoms with Gasteiger partial charge in [0, 0.05) is 4.47 Å². The molecular formula is C9H11Br. The second-order valence-corrected chi connectivity index (χ2v) is 3.24. The third-order valence-electron chi connectivity index (χ3n) is 1.71. The summed E-state index contributed by atoms with van der Waals surface area (Å²) in [6, 6.07) is 6.30. The minimum Gasteiger partial charge on any atom is -0.0612 e. The Kier molecular flexibility index (Phi) is 2.50. The fourth-order valence-corrected chi connectivity index (χ4v) is 1.86. The molecule has 0 saturated carbocycles. The van der Waals surface area contributed by atoms with Gasteiger partial charge in [-0.1, -0.05) is 35.0 Å². The van der Waals surface area contributed by atoms with Crippen LogP contribution in [-0.4, -0.2) is 0 Å². The molecule has 0 radical (unpaired) electrons. The van der Waals surface area contributed by atoms with Crippen molar-refractivity contribution in [1.82, 2.24) is 0 Å². The molecule has 1 rings (SSSR count). The average molecular weight is 199 g/mol. The third-order valence-corrected chi connectivity index (χ3v) is 2.45. The van der Waals surface area contributed by atoms with E-state index < -0.39 is 0 Å². The lowest BCUT2D eigenvalue weighted by Crippen LogP contribution is -1.86. The maximum absolute atomic E-state index is 3.51. The molecule has 1 heteroatoms. The Morgan fingerprint density at radius 1 is 1.40 bits per heavy atom. The highest BCUT2D eigenvalue weighted by molar-refractivity contribution is 9.10. The lowest BCUT2D eigenvalue weighted by atomic mass is 10.1. The molecule has 0 aliphatic carbocycles. The van der Waals surface area contributed by atoms with Gasteiger partial charge in [0.1, 0.15) is 0 Å². The van der Waals surface area contributed by atoms with Crippen LogP contribution in [-0.2, 0) is 6.42 Å². The molecular weight excluding hydrogens is 188 g/mol. The normalized spacial score (nSPS) is 9.90. The maximum Gasteiger partial charge on any atom is 0.0209 e. The van der Waals surface area contributed by atoms with E-state index >= 15 is 0 Å². The summed E-state index contributed by atoms with van der Waals surface area (Å²) in [6.45, 7) is 4.32. The zero-order valence-corrected chi connectivity index (χ0v) is 7.90. The molecule has 0 spiro atoms. The minimum absolute atomic E-state index is 1.10. The Bertz CT molecular complexity index is 208. The quantitative estimate of drug-likeness (QED) is 0.650.